The molecule has 2 nitrogen and oxygen atoms in total. The molecule has 1 aromatic rings. The molecule has 0 saturated heterocycles. The van der Waals surface area contributed by atoms with Crippen molar-refractivity contribution >= 4 is 22.6 Å². The highest BCUT2D eigenvalue weighted by Gasteiger charge is 2.15. The zero-order valence-corrected chi connectivity index (χ0v) is 7.73. The van der Waals surface area contributed by atoms with Crippen molar-refractivity contribution in [1.29, 1.82) is 0 Å². The van der Waals surface area contributed by atoms with Gasteiger partial charge in [0.1, 0.15) is 0 Å². The predicted molar refractivity (Wildman–Crippen MR) is 44.7 cm³/mol. The van der Waals surface area contributed by atoms with Gasteiger partial charge in [0.15, 0.2) is 0 Å². The number of H-pyrrole nitrogens is 1. The Labute approximate surface area is 78.9 Å². The van der Waals surface area contributed by atoms with Gasteiger partial charge in [-0.2, -0.15) is 4.39 Å². The molecule has 1 aromatic heterocycles. The molecule has 0 bridgehead atoms. The van der Waals surface area contributed by atoms with Gasteiger partial charge in [0, 0.05) is 0 Å². The Bertz CT molecular complexity index is 349. The molecular formula is C6H3F3INO. The van der Waals surface area contributed by atoms with Crippen molar-refractivity contribution in [2.75, 3.05) is 0 Å². The minimum atomic E-state index is -2.91. The van der Waals surface area contributed by atoms with E-state index >= 15 is 0 Å². The summed E-state index contributed by atoms with van der Waals surface area (Å²) < 4.78 is 36.5. The molecule has 0 spiro atoms. The molecule has 1 N–H and O–H groups in total. The van der Waals surface area contributed by atoms with Crippen LogP contribution in [0.15, 0.2) is 10.9 Å². The first-order valence-electron chi connectivity index (χ1n) is 2.88. The Morgan fingerprint density at radius 3 is 2.58 bits per heavy atom. The van der Waals surface area contributed by atoms with E-state index in [1.165, 1.54) is 0 Å². The van der Waals surface area contributed by atoms with Crippen LogP contribution in [0.3, 0.4) is 0 Å². The Balaban J connectivity index is 3.33. The maximum atomic E-state index is 12.5. The number of hydrogen-bond donors (Lipinski definition) is 1. The lowest BCUT2D eigenvalue weighted by Gasteiger charge is -2.00. The maximum Gasteiger partial charge on any atom is 0.268 e. The molecule has 0 aliphatic heterocycles. The van der Waals surface area contributed by atoms with Gasteiger partial charge in [0.25, 0.3) is 12.0 Å². The second-order valence-corrected chi connectivity index (χ2v) is 3.18. The first-order chi connectivity index (χ1) is 5.52. The zero-order chi connectivity index (χ0) is 9.30. The van der Waals surface area contributed by atoms with E-state index in [2.05, 4.69) is 0 Å². The SMILES string of the molecule is O=c1[nH]c(F)c(C(F)F)cc1I. The predicted octanol–water partition coefficient (Wildman–Crippen LogP) is 2.06. The van der Waals surface area contributed by atoms with Gasteiger partial charge in [-0.05, 0) is 28.7 Å². The zero-order valence-electron chi connectivity index (χ0n) is 5.57. The molecule has 0 saturated carbocycles. The molecule has 1 rings (SSSR count). The number of nitrogens with one attached hydrogen (secondary N) is 1. The van der Waals surface area contributed by atoms with E-state index in [-0.39, 0.29) is 3.57 Å². The van der Waals surface area contributed by atoms with E-state index in [1.807, 2.05) is 0 Å². The van der Waals surface area contributed by atoms with Crippen molar-refractivity contribution in [1.82, 2.24) is 4.98 Å². The van der Waals surface area contributed by atoms with Crippen LogP contribution in [0.4, 0.5) is 13.2 Å². The summed E-state index contributed by atoms with van der Waals surface area (Å²) in [6.45, 7) is 0. The minimum Gasteiger partial charge on any atom is -0.297 e. The van der Waals surface area contributed by atoms with Gasteiger partial charge in [-0.25, -0.2) is 8.78 Å². The van der Waals surface area contributed by atoms with Crippen molar-refractivity contribution in [3.8, 4) is 0 Å². The van der Waals surface area contributed by atoms with Crippen LogP contribution in [-0.4, -0.2) is 4.98 Å². The van der Waals surface area contributed by atoms with Crippen molar-refractivity contribution in [2.45, 2.75) is 6.43 Å². The molecule has 0 atom stereocenters. The summed E-state index contributed by atoms with van der Waals surface area (Å²) >= 11 is 1.56. The Hall–Kier alpha value is -0.530. The molecule has 0 unspecified atom stereocenters. The van der Waals surface area contributed by atoms with Gasteiger partial charge < -0.3 is 0 Å². The fourth-order valence-electron chi connectivity index (χ4n) is 0.656. The number of halogens is 4. The lowest BCUT2D eigenvalue weighted by Crippen LogP contribution is -2.13. The van der Waals surface area contributed by atoms with Crippen LogP contribution in [0.5, 0.6) is 0 Å². The number of aromatic amines is 1. The maximum absolute atomic E-state index is 12.5. The standard InChI is InChI=1S/C6H3F3INO/c7-4(8)2-1-3(10)6(12)11-5(2)9/h1,4H,(H,11,12). The smallest absolute Gasteiger partial charge is 0.268 e. The van der Waals surface area contributed by atoms with Crippen molar-refractivity contribution in [2.24, 2.45) is 0 Å². The minimum absolute atomic E-state index is 0.0456. The lowest BCUT2D eigenvalue weighted by atomic mass is 10.3. The van der Waals surface area contributed by atoms with E-state index in [1.54, 1.807) is 27.6 Å². The third kappa shape index (κ3) is 1.79. The molecule has 0 aromatic carbocycles. The molecule has 0 aliphatic rings. The van der Waals surface area contributed by atoms with Crippen LogP contribution in [-0.2, 0) is 0 Å². The van der Waals surface area contributed by atoms with Gasteiger partial charge in [-0.15, -0.1) is 0 Å². The molecule has 66 valence electrons. The summed E-state index contributed by atoms with van der Waals surface area (Å²) in [6, 6.07) is 0.833. The topological polar surface area (TPSA) is 32.9 Å². The summed E-state index contributed by atoms with van der Waals surface area (Å²) in [6.07, 6.45) is -2.91. The third-order valence-corrected chi connectivity index (χ3v) is 2.01. The average molecular weight is 289 g/mol. The summed E-state index contributed by atoms with van der Waals surface area (Å²) in [5.74, 6) is -1.27. The molecule has 0 radical (unpaired) electrons. The normalized spacial score (nSPS) is 10.8. The quantitative estimate of drug-likeness (QED) is 0.623. The summed E-state index contributed by atoms with van der Waals surface area (Å²) in [5, 5.41) is 0. The van der Waals surface area contributed by atoms with E-state index < -0.39 is 23.5 Å². The van der Waals surface area contributed by atoms with Crippen LogP contribution >= 0.6 is 22.6 Å². The number of hydrogen-bond acceptors (Lipinski definition) is 1. The lowest BCUT2D eigenvalue weighted by molar-refractivity contribution is 0.145. The van der Waals surface area contributed by atoms with E-state index in [4.69, 9.17) is 0 Å². The van der Waals surface area contributed by atoms with Gasteiger partial charge in [-0.1, -0.05) is 0 Å². The summed E-state index contributed by atoms with van der Waals surface area (Å²) in [5.41, 5.74) is -1.48. The van der Waals surface area contributed by atoms with Crippen LogP contribution in [0.1, 0.15) is 12.0 Å². The summed E-state index contributed by atoms with van der Waals surface area (Å²) in [7, 11) is 0. The van der Waals surface area contributed by atoms with Gasteiger partial charge in [0.2, 0.25) is 5.95 Å². The van der Waals surface area contributed by atoms with Crippen molar-refractivity contribution < 1.29 is 13.2 Å². The van der Waals surface area contributed by atoms with E-state index in [0.717, 1.165) is 6.07 Å². The fourth-order valence-corrected chi connectivity index (χ4v) is 1.13. The third-order valence-electron chi connectivity index (χ3n) is 1.21. The largest absolute Gasteiger partial charge is 0.297 e. The highest BCUT2D eigenvalue weighted by Crippen LogP contribution is 2.20. The molecule has 12 heavy (non-hydrogen) atoms. The number of rotatable bonds is 1. The van der Waals surface area contributed by atoms with Gasteiger partial charge >= 0.3 is 0 Å². The van der Waals surface area contributed by atoms with Gasteiger partial charge in [0.05, 0.1) is 9.13 Å². The Morgan fingerprint density at radius 1 is 1.50 bits per heavy atom. The molecule has 0 fully saturated rings. The molecule has 1 heterocycles. The Kier molecular flexibility index (Phi) is 2.76. The van der Waals surface area contributed by atoms with Crippen LogP contribution < -0.4 is 5.56 Å². The molecule has 6 heteroatoms. The molecule has 0 aliphatic carbocycles. The highest BCUT2D eigenvalue weighted by atomic mass is 127. The first kappa shape index (κ1) is 9.56. The number of alkyl halides is 2. The van der Waals surface area contributed by atoms with E-state index in [9.17, 15) is 18.0 Å². The van der Waals surface area contributed by atoms with Gasteiger partial charge in [-0.3, -0.25) is 9.78 Å². The van der Waals surface area contributed by atoms with E-state index in [0.29, 0.717) is 0 Å². The van der Waals surface area contributed by atoms with Crippen LogP contribution in [0.25, 0.3) is 0 Å². The second kappa shape index (κ2) is 3.46. The van der Waals surface area contributed by atoms with Crippen LogP contribution in [0.2, 0.25) is 0 Å². The fraction of sp³-hybridized carbons (Fsp3) is 0.167. The Morgan fingerprint density at radius 2 is 2.08 bits per heavy atom. The number of aromatic nitrogens is 1. The first-order valence-corrected chi connectivity index (χ1v) is 3.96. The highest BCUT2D eigenvalue weighted by molar-refractivity contribution is 14.1. The second-order valence-electron chi connectivity index (χ2n) is 2.02. The molecule has 0 amide bonds. The molecular weight excluding hydrogens is 286 g/mol. The monoisotopic (exact) mass is 289 g/mol. The number of pyridine rings is 1. The summed E-state index contributed by atoms with van der Waals surface area (Å²) in [4.78, 5) is 12.3. The van der Waals surface area contributed by atoms with Crippen molar-refractivity contribution in [3.05, 3.63) is 31.5 Å². The van der Waals surface area contributed by atoms with Crippen molar-refractivity contribution in [3.63, 3.8) is 0 Å². The average Bonchev–Trinajstić information content (AvgIpc) is 1.96. The van der Waals surface area contributed by atoms with Crippen LogP contribution in [0, 0.1) is 9.52 Å².